The Balaban J connectivity index is 1.74. The van der Waals surface area contributed by atoms with Gasteiger partial charge in [-0.2, -0.15) is 5.11 Å². The van der Waals surface area contributed by atoms with Crippen LogP contribution in [-0.4, -0.2) is 75.0 Å². The number of aliphatic hydroxyl groups excluding tert-OH is 1. The molecule has 0 aliphatic carbocycles. The van der Waals surface area contributed by atoms with Gasteiger partial charge < -0.3 is 19.4 Å². The summed E-state index contributed by atoms with van der Waals surface area (Å²) in [5.74, 6) is -0.0125. The molecule has 2 aromatic rings. The van der Waals surface area contributed by atoms with Crippen molar-refractivity contribution in [2.45, 2.75) is 26.1 Å². The van der Waals surface area contributed by atoms with Crippen LogP contribution in [0.5, 0.6) is 5.75 Å². The first-order chi connectivity index (χ1) is 16.9. The predicted octanol–water partition coefficient (Wildman–Crippen LogP) is 3.88. The van der Waals surface area contributed by atoms with E-state index < -0.39 is 24.1 Å². The molecule has 11 heteroatoms. The number of oxime groups is 1. The van der Waals surface area contributed by atoms with Gasteiger partial charge in [0.2, 0.25) is 0 Å². The van der Waals surface area contributed by atoms with E-state index in [1.165, 1.54) is 24.3 Å². The van der Waals surface area contributed by atoms with Gasteiger partial charge in [-0.15, -0.1) is 0 Å². The lowest BCUT2D eigenvalue weighted by atomic mass is 10.0. The van der Waals surface area contributed by atoms with Crippen LogP contribution in [0.3, 0.4) is 0 Å². The summed E-state index contributed by atoms with van der Waals surface area (Å²) < 4.78 is 25.9. The number of carbonyl (C=O) groups excluding carboxylic acids is 1. The lowest BCUT2D eigenvalue weighted by molar-refractivity contribution is 0.0299. The maximum Gasteiger partial charge on any atom is 0.414 e. The molecule has 1 saturated heterocycles. The number of hydrogen-bond acceptors (Lipinski definition) is 8. The maximum atomic E-state index is 15.1. The fourth-order valence-electron chi connectivity index (χ4n) is 3.45. The van der Waals surface area contributed by atoms with Gasteiger partial charge in [-0.25, -0.2) is 9.18 Å². The van der Waals surface area contributed by atoms with Gasteiger partial charge in [0.05, 0.1) is 45.3 Å². The zero-order valence-corrected chi connectivity index (χ0v) is 20.2. The summed E-state index contributed by atoms with van der Waals surface area (Å²) in [5, 5.41) is 22.4. The molecule has 35 heavy (non-hydrogen) atoms. The highest BCUT2D eigenvalue weighted by Crippen LogP contribution is 2.32. The first kappa shape index (κ1) is 25.9. The molecule has 1 aliphatic heterocycles. The fourth-order valence-corrected chi connectivity index (χ4v) is 3.45. The number of hydrogen-bond donors (Lipinski definition) is 1. The number of carbonyl (C=O) groups is 1. The Morgan fingerprint density at radius 2 is 2.14 bits per heavy atom. The zero-order chi connectivity index (χ0) is 25.4. The molecule has 0 radical (unpaired) electrons. The van der Waals surface area contributed by atoms with E-state index in [1.54, 1.807) is 49.3 Å². The molecular weight excluding hydrogens is 457 g/mol. The SMILES string of the molecule is CCN=NN(C)CC1CN(c2ccc(-c3ccc(/C=N/OC(C)CO)c(OC)c3)c(F)c2)C(=O)O1. The summed E-state index contributed by atoms with van der Waals surface area (Å²) in [6, 6.07) is 9.75. The molecule has 3 rings (SSSR count). The monoisotopic (exact) mass is 487 g/mol. The molecule has 188 valence electrons. The van der Waals surface area contributed by atoms with Crippen molar-refractivity contribution in [3.63, 3.8) is 0 Å². The smallest absolute Gasteiger partial charge is 0.414 e. The number of nitrogens with zero attached hydrogens (tertiary/aromatic N) is 5. The molecule has 0 bridgehead atoms. The summed E-state index contributed by atoms with van der Waals surface area (Å²) in [4.78, 5) is 18.9. The van der Waals surface area contributed by atoms with Crippen molar-refractivity contribution in [1.82, 2.24) is 5.01 Å². The van der Waals surface area contributed by atoms with E-state index in [2.05, 4.69) is 15.5 Å². The highest BCUT2D eigenvalue weighted by molar-refractivity contribution is 5.90. The normalized spacial score (nSPS) is 16.7. The second-order valence-electron chi connectivity index (χ2n) is 7.96. The lowest BCUT2D eigenvalue weighted by Crippen LogP contribution is -2.29. The number of likely N-dealkylation sites (N-methyl/N-ethyl adjacent to an activating group) is 1. The minimum atomic E-state index is -0.536. The fraction of sp³-hybridized carbons (Fsp3) is 0.417. The summed E-state index contributed by atoms with van der Waals surface area (Å²) in [5.41, 5.74) is 1.98. The Kier molecular flexibility index (Phi) is 8.96. The zero-order valence-electron chi connectivity index (χ0n) is 20.2. The minimum absolute atomic E-state index is 0.152. The largest absolute Gasteiger partial charge is 0.496 e. The highest BCUT2D eigenvalue weighted by atomic mass is 19.1. The Labute approximate surface area is 203 Å². The molecule has 1 fully saturated rings. The molecule has 10 nitrogen and oxygen atoms in total. The van der Waals surface area contributed by atoms with E-state index >= 15 is 4.39 Å². The van der Waals surface area contributed by atoms with Crippen molar-refractivity contribution in [3.8, 4) is 16.9 Å². The number of ether oxygens (including phenoxy) is 2. The Hall–Kier alpha value is -3.73. The van der Waals surface area contributed by atoms with E-state index in [1.807, 2.05) is 6.92 Å². The first-order valence-electron chi connectivity index (χ1n) is 11.2. The van der Waals surface area contributed by atoms with Crippen LogP contribution in [0.2, 0.25) is 0 Å². The Bertz CT molecular complexity index is 1080. The number of rotatable bonds is 11. The Morgan fingerprint density at radius 3 is 2.83 bits per heavy atom. The third kappa shape index (κ3) is 6.66. The van der Waals surface area contributed by atoms with Gasteiger partial charge in [0, 0.05) is 18.2 Å². The van der Waals surface area contributed by atoms with Gasteiger partial charge in [-0.05, 0) is 49.7 Å². The Morgan fingerprint density at radius 1 is 1.34 bits per heavy atom. The summed E-state index contributed by atoms with van der Waals surface area (Å²) in [6.07, 6.45) is 0.0877. The van der Waals surface area contributed by atoms with Crippen LogP contribution in [0.1, 0.15) is 19.4 Å². The topological polar surface area (TPSA) is 109 Å². The van der Waals surface area contributed by atoms with Crippen LogP contribution in [0, 0.1) is 5.82 Å². The molecule has 2 unspecified atom stereocenters. The molecule has 1 N–H and O–H groups in total. The van der Waals surface area contributed by atoms with Crippen molar-refractivity contribution in [2.24, 2.45) is 15.5 Å². The first-order valence-corrected chi connectivity index (χ1v) is 11.2. The number of methoxy groups -OCH3 is 1. The van der Waals surface area contributed by atoms with Gasteiger partial charge in [0.25, 0.3) is 0 Å². The third-order valence-corrected chi connectivity index (χ3v) is 5.20. The van der Waals surface area contributed by atoms with Crippen molar-refractivity contribution in [2.75, 3.05) is 45.3 Å². The van der Waals surface area contributed by atoms with E-state index in [9.17, 15) is 4.79 Å². The predicted molar refractivity (Wildman–Crippen MR) is 129 cm³/mol. The van der Waals surface area contributed by atoms with E-state index in [0.29, 0.717) is 41.2 Å². The second-order valence-corrected chi connectivity index (χ2v) is 7.96. The molecule has 0 saturated carbocycles. The molecule has 0 aromatic heterocycles. The van der Waals surface area contributed by atoms with Crippen molar-refractivity contribution < 1.29 is 28.6 Å². The summed E-state index contributed by atoms with van der Waals surface area (Å²) >= 11 is 0. The maximum absolute atomic E-state index is 15.1. The van der Waals surface area contributed by atoms with Crippen molar-refractivity contribution in [1.29, 1.82) is 0 Å². The molecule has 1 amide bonds. The van der Waals surface area contributed by atoms with Gasteiger partial charge >= 0.3 is 6.09 Å². The third-order valence-electron chi connectivity index (χ3n) is 5.20. The molecule has 1 heterocycles. The van der Waals surface area contributed by atoms with Crippen LogP contribution in [0.4, 0.5) is 14.9 Å². The number of amides is 1. The van der Waals surface area contributed by atoms with Crippen molar-refractivity contribution in [3.05, 3.63) is 47.8 Å². The average Bonchev–Trinajstić information content (AvgIpc) is 3.22. The molecule has 2 aromatic carbocycles. The van der Waals surface area contributed by atoms with Gasteiger partial charge in [-0.1, -0.05) is 16.4 Å². The highest BCUT2D eigenvalue weighted by Gasteiger charge is 2.33. The lowest BCUT2D eigenvalue weighted by Gasteiger charge is -2.16. The summed E-state index contributed by atoms with van der Waals surface area (Å²) in [6.45, 7) is 4.63. The number of aliphatic hydroxyl groups is 1. The standard InChI is InChI=1S/C24H30FN5O5/c1-5-26-28-29(3)13-20-14-30(24(32)34-20)19-8-9-21(22(25)11-19)17-6-7-18(23(10-17)33-4)12-27-35-16(2)15-31/h6-12,16,20,31H,5,13-15H2,1-4H3/b27-12+,28-26?. The van der Waals surface area contributed by atoms with Gasteiger partial charge in [-0.3, -0.25) is 9.91 Å². The number of cyclic esters (lactones) is 1. The van der Waals surface area contributed by atoms with Crippen molar-refractivity contribution >= 4 is 18.0 Å². The molecule has 1 aliphatic rings. The average molecular weight is 488 g/mol. The number of benzene rings is 2. The van der Waals surface area contributed by atoms with Crippen LogP contribution < -0.4 is 9.64 Å². The summed E-state index contributed by atoms with van der Waals surface area (Å²) in [7, 11) is 3.25. The second kappa shape index (κ2) is 12.1. The van der Waals surface area contributed by atoms with Crippen LogP contribution in [0.25, 0.3) is 11.1 Å². The molecule has 0 spiro atoms. The van der Waals surface area contributed by atoms with Crippen LogP contribution in [0.15, 0.2) is 51.9 Å². The molecule has 2 atom stereocenters. The quantitative estimate of drug-likeness (QED) is 0.293. The van der Waals surface area contributed by atoms with Crippen LogP contribution in [-0.2, 0) is 9.57 Å². The van der Waals surface area contributed by atoms with Gasteiger partial charge in [0.1, 0.15) is 23.8 Å². The van der Waals surface area contributed by atoms with Gasteiger partial charge in [0.15, 0.2) is 0 Å². The number of halogens is 1. The molecular formula is C24H30FN5O5. The minimum Gasteiger partial charge on any atom is -0.496 e. The van der Waals surface area contributed by atoms with E-state index in [-0.39, 0.29) is 13.2 Å². The van der Waals surface area contributed by atoms with E-state index in [0.717, 1.165) is 0 Å². The van der Waals surface area contributed by atoms with E-state index in [4.69, 9.17) is 19.4 Å². The van der Waals surface area contributed by atoms with Crippen LogP contribution >= 0.6 is 0 Å². The number of anilines is 1.